The number of piperazine rings is 1. The first-order valence-electron chi connectivity index (χ1n) is 7.23. The molecule has 1 aliphatic heterocycles. The lowest BCUT2D eigenvalue weighted by Gasteiger charge is -2.36. The molecular weight excluding hydrogens is 306 g/mol. The van der Waals surface area contributed by atoms with Gasteiger partial charge in [0.2, 0.25) is 0 Å². The molecule has 2 N–H and O–H groups in total. The van der Waals surface area contributed by atoms with Crippen LogP contribution in [0.5, 0.6) is 0 Å². The Kier molecular flexibility index (Phi) is 6.01. The molecule has 0 radical (unpaired) electrons. The van der Waals surface area contributed by atoms with E-state index in [-0.39, 0.29) is 0 Å². The number of ether oxygens (including phenoxy) is 1. The highest BCUT2D eigenvalue weighted by atomic mass is 32.2. The van der Waals surface area contributed by atoms with Crippen LogP contribution in [-0.2, 0) is 14.9 Å². The Bertz CT molecular complexity index is 554. The molecule has 0 aromatic heterocycles. The van der Waals surface area contributed by atoms with Crippen LogP contribution in [0.1, 0.15) is 0 Å². The van der Waals surface area contributed by atoms with Gasteiger partial charge in [-0.1, -0.05) is 0 Å². The van der Waals surface area contributed by atoms with E-state index in [1.165, 1.54) is 0 Å². The van der Waals surface area contributed by atoms with Crippen molar-refractivity contribution in [1.82, 2.24) is 4.90 Å². The maximum Gasteiger partial charge on any atom is 0.283 e. The van der Waals surface area contributed by atoms with Crippen molar-refractivity contribution in [2.24, 2.45) is 0 Å². The van der Waals surface area contributed by atoms with Crippen molar-refractivity contribution in [1.29, 1.82) is 0 Å². The second kappa shape index (κ2) is 7.77. The summed E-state index contributed by atoms with van der Waals surface area (Å²) in [6.45, 7) is 5.65. The van der Waals surface area contributed by atoms with Gasteiger partial charge in [0.15, 0.2) is 0 Å². The van der Waals surface area contributed by atoms with Gasteiger partial charge in [0.05, 0.1) is 6.61 Å². The Labute approximate surface area is 131 Å². The lowest BCUT2D eigenvalue weighted by Crippen LogP contribution is -2.47. The molecular formula is C14H23N3O4S. The molecule has 8 heteroatoms. The van der Waals surface area contributed by atoms with Crippen LogP contribution >= 0.6 is 0 Å². The number of methoxy groups -OCH3 is 1. The van der Waals surface area contributed by atoms with Crippen molar-refractivity contribution < 1.29 is 17.7 Å². The molecule has 0 aliphatic carbocycles. The molecule has 1 saturated heterocycles. The second-order valence-electron chi connectivity index (χ2n) is 5.27. The maximum atomic E-state index is 10.7. The van der Waals surface area contributed by atoms with Crippen molar-refractivity contribution in [3.05, 3.63) is 24.3 Å². The fourth-order valence-electron chi connectivity index (χ4n) is 2.41. The molecule has 0 amide bonds. The molecule has 0 atom stereocenters. The number of rotatable bonds is 7. The van der Waals surface area contributed by atoms with Crippen molar-refractivity contribution in [2.75, 3.05) is 62.5 Å². The summed E-state index contributed by atoms with van der Waals surface area (Å²) in [6, 6.07) is 7.55. The van der Waals surface area contributed by atoms with E-state index in [4.69, 9.17) is 9.29 Å². The van der Waals surface area contributed by atoms with Gasteiger partial charge in [-0.2, -0.15) is 8.42 Å². The lowest BCUT2D eigenvalue weighted by molar-refractivity contribution is 0.144. The van der Waals surface area contributed by atoms with E-state index < -0.39 is 16.0 Å². The Morgan fingerprint density at radius 1 is 1.18 bits per heavy atom. The molecule has 1 aromatic rings. The van der Waals surface area contributed by atoms with E-state index in [0.29, 0.717) is 5.69 Å². The highest BCUT2D eigenvalue weighted by molar-refractivity contribution is 7.85. The standard InChI is InChI=1S/C14H23N3O4S/c1-21-11-10-16-6-8-17(9-7-16)14-4-2-13(3-5-14)15-12-22(18,19)20/h2-5,15H,6-12H2,1H3,(H,18,19,20). The van der Waals surface area contributed by atoms with Crippen LogP contribution in [0.15, 0.2) is 24.3 Å². The van der Waals surface area contributed by atoms with Gasteiger partial charge in [-0.3, -0.25) is 9.45 Å². The van der Waals surface area contributed by atoms with Crippen LogP contribution in [0.25, 0.3) is 0 Å². The molecule has 1 fully saturated rings. The third-order valence-corrected chi connectivity index (χ3v) is 4.18. The maximum absolute atomic E-state index is 10.7. The van der Waals surface area contributed by atoms with Crippen LogP contribution in [0.2, 0.25) is 0 Å². The first-order chi connectivity index (χ1) is 10.5. The van der Waals surface area contributed by atoms with Crippen molar-refractivity contribution in [3.63, 3.8) is 0 Å². The molecule has 0 saturated carbocycles. The first-order valence-corrected chi connectivity index (χ1v) is 8.84. The van der Waals surface area contributed by atoms with E-state index in [1.54, 1.807) is 7.11 Å². The Hall–Kier alpha value is -1.35. The largest absolute Gasteiger partial charge is 0.383 e. The van der Waals surface area contributed by atoms with E-state index >= 15 is 0 Å². The van der Waals surface area contributed by atoms with Crippen molar-refractivity contribution in [3.8, 4) is 0 Å². The zero-order valence-electron chi connectivity index (χ0n) is 12.7. The predicted octanol–water partition coefficient (Wildman–Crippen LogP) is 0.712. The topological polar surface area (TPSA) is 82.1 Å². The van der Waals surface area contributed by atoms with Gasteiger partial charge < -0.3 is 15.0 Å². The summed E-state index contributed by atoms with van der Waals surface area (Å²) in [5, 5.41) is 2.67. The summed E-state index contributed by atoms with van der Waals surface area (Å²) in [5.74, 6) is -0.482. The molecule has 0 bridgehead atoms. The summed E-state index contributed by atoms with van der Waals surface area (Å²) in [6.07, 6.45) is 0. The number of hydrogen-bond acceptors (Lipinski definition) is 6. The van der Waals surface area contributed by atoms with Crippen LogP contribution in [-0.4, -0.2) is 70.2 Å². The van der Waals surface area contributed by atoms with Crippen molar-refractivity contribution in [2.45, 2.75) is 0 Å². The predicted molar refractivity (Wildman–Crippen MR) is 87.0 cm³/mol. The van der Waals surface area contributed by atoms with Crippen LogP contribution in [0.3, 0.4) is 0 Å². The fraction of sp³-hybridized carbons (Fsp3) is 0.571. The molecule has 0 spiro atoms. The second-order valence-corrected chi connectivity index (χ2v) is 6.72. The number of nitrogens with one attached hydrogen (secondary N) is 1. The molecule has 22 heavy (non-hydrogen) atoms. The Balaban J connectivity index is 1.84. The van der Waals surface area contributed by atoms with E-state index in [2.05, 4.69) is 15.1 Å². The number of hydrogen-bond donors (Lipinski definition) is 2. The Morgan fingerprint density at radius 2 is 1.82 bits per heavy atom. The third-order valence-electron chi connectivity index (χ3n) is 3.68. The third kappa shape index (κ3) is 5.45. The van der Waals surface area contributed by atoms with E-state index in [9.17, 15) is 8.42 Å². The van der Waals surface area contributed by atoms with Crippen LogP contribution < -0.4 is 10.2 Å². The van der Waals surface area contributed by atoms with Gasteiger partial charge in [0.1, 0.15) is 5.88 Å². The molecule has 7 nitrogen and oxygen atoms in total. The monoisotopic (exact) mass is 329 g/mol. The van der Waals surface area contributed by atoms with Gasteiger partial charge in [-0.05, 0) is 24.3 Å². The highest BCUT2D eigenvalue weighted by Crippen LogP contribution is 2.19. The molecule has 0 unspecified atom stereocenters. The zero-order valence-corrected chi connectivity index (χ0v) is 13.6. The van der Waals surface area contributed by atoms with E-state index in [1.807, 2.05) is 24.3 Å². The van der Waals surface area contributed by atoms with E-state index in [0.717, 1.165) is 45.0 Å². The van der Waals surface area contributed by atoms with Crippen molar-refractivity contribution >= 4 is 21.5 Å². The molecule has 1 heterocycles. The van der Waals surface area contributed by atoms with Crippen LogP contribution in [0.4, 0.5) is 11.4 Å². The quantitative estimate of drug-likeness (QED) is 0.713. The molecule has 2 rings (SSSR count). The summed E-state index contributed by atoms with van der Waals surface area (Å²) < 4.78 is 35.2. The number of anilines is 2. The minimum Gasteiger partial charge on any atom is -0.383 e. The van der Waals surface area contributed by atoms with Gasteiger partial charge in [-0.25, -0.2) is 0 Å². The average Bonchev–Trinajstić information content (AvgIpc) is 2.51. The van der Waals surface area contributed by atoms with Gasteiger partial charge in [0, 0.05) is 51.2 Å². The molecule has 1 aromatic carbocycles. The minimum absolute atomic E-state index is 0.482. The zero-order chi connectivity index (χ0) is 16.0. The van der Waals surface area contributed by atoms with Gasteiger partial charge in [-0.15, -0.1) is 0 Å². The summed E-state index contributed by atoms with van der Waals surface area (Å²) in [4.78, 5) is 4.68. The molecule has 1 aliphatic rings. The molecule has 124 valence electrons. The normalized spacial score (nSPS) is 16.7. The number of nitrogens with zero attached hydrogens (tertiary/aromatic N) is 2. The van der Waals surface area contributed by atoms with Gasteiger partial charge in [0.25, 0.3) is 10.1 Å². The number of benzene rings is 1. The Morgan fingerprint density at radius 3 is 2.36 bits per heavy atom. The lowest BCUT2D eigenvalue weighted by atomic mass is 10.2. The van der Waals surface area contributed by atoms with Crippen LogP contribution in [0, 0.1) is 0 Å². The minimum atomic E-state index is -4.00. The van der Waals surface area contributed by atoms with Gasteiger partial charge >= 0.3 is 0 Å². The SMILES string of the molecule is COCCN1CCN(c2ccc(NCS(=O)(=O)O)cc2)CC1. The summed E-state index contributed by atoms with van der Waals surface area (Å²) >= 11 is 0. The fourth-order valence-corrected chi connectivity index (χ4v) is 2.76. The summed E-state index contributed by atoms with van der Waals surface area (Å²) in [7, 11) is -2.29. The first kappa shape index (κ1) is 17.0. The summed E-state index contributed by atoms with van der Waals surface area (Å²) in [5.41, 5.74) is 1.78. The average molecular weight is 329 g/mol. The highest BCUT2D eigenvalue weighted by Gasteiger charge is 2.16. The smallest absolute Gasteiger partial charge is 0.283 e.